The highest BCUT2D eigenvalue weighted by Crippen LogP contribution is 2.37. The van der Waals surface area contributed by atoms with Gasteiger partial charge in [0.1, 0.15) is 5.75 Å². The number of nitrogens with one attached hydrogen (secondary N) is 1. The highest BCUT2D eigenvalue weighted by Gasteiger charge is 2.25. The number of benzene rings is 3. The lowest BCUT2D eigenvalue weighted by molar-refractivity contribution is 0.0698. The number of carboxylic acid groups (broad SMARTS) is 1. The third-order valence-corrected chi connectivity index (χ3v) is 5.81. The smallest absolute Gasteiger partial charge is 0.337 e. The maximum atomic E-state index is 13.0. The first-order valence-electron chi connectivity index (χ1n) is 11.2. The molecule has 1 aliphatic rings. The summed E-state index contributed by atoms with van der Waals surface area (Å²) in [6.45, 7) is 6.35. The van der Waals surface area contributed by atoms with E-state index < -0.39 is 11.9 Å². The highest BCUT2D eigenvalue weighted by molar-refractivity contribution is 6.08. The summed E-state index contributed by atoms with van der Waals surface area (Å²) in [6, 6.07) is 21.2. The molecule has 2 N–H and O–H groups in total. The normalized spacial score (nSPS) is 17.9. The van der Waals surface area contributed by atoms with Gasteiger partial charge >= 0.3 is 5.97 Å². The number of ether oxygens (including phenoxy) is 1. The van der Waals surface area contributed by atoms with Crippen molar-refractivity contribution in [1.82, 2.24) is 0 Å². The summed E-state index contributed by atoms with van der Waals surface area (Å²) < 4.78 is 6.22. The van der Waals surface area contributed by atoms with Crippen molar-refractivity contribution in [1.29, 1.82) is 0 Å². The fourth-order valence-corrected chi connectivity index (χ4v) is 4.45. The van der Waals surface area contributed by atoms with Crippen molar-refractivity contribution >= 4 is 23.3 Å². The Labute approximate surface area is 193 Å². The average molecular weight is 445 g/mol. The summed E-state index contributed by atoms with van der Waals surface area (Å²) in [5.41, 5.74) is 1.63. The summed E-state index contributed by atoms with van der Waals surface area (Å²) in [4.78, 5) is 26.8. The van der Waals surface area contributed by atoms with Crippen LogP contribution in [0.2, 0.25) is 0 Å². The second-order valence-electron chi connectivity index (χ2n) is 8.75. The summed E-state index contributed by atoms with van der Waals surface area (Å²) in [5, 5.41) is 12.1. The van der Waals surface area contributed by atoms with Gasteiger partial charge < -0.3 is 20.1 Å². The zero-order valence-corrected chi connectivity index (χ0v) is 18.8. The molecule has 0 aliphatic carbocycles. The van der Waals surface area contributed by atoms with Crippen LogP contribution in [0.3, 0.4) is 0 Å². The van der Waals surface area contributed by atoms with Crippen LogP contribution in [-0.2, 0) is 0 Å². The third-order valence-electron chi connectivity index (χ3n) is 5.81. The number of carbonyl (C=O) groups is 2. The first kappa shape index (κ1) is 22.4. The minimum Gasteiger partial charge on any atom is -0.478 e. The van der Waals surface area contributed by atoms with Crippen LogP contribution in [0.25, 0.3) is 0 Å². The van der Waals surface area contributed by atoms with Crippen LogP contribution in [0.4, 0.5) is 11.4 Å². The zero-order chi connectivity index (χ0) is 23.4. The predicted octanol–water partition coefficient (Wildman–Crippen LogP) is 5.91. The number of nitrogens with zero attached hydrogens (tertiary/aromatic N) is 1. The van der Waals surface area contributed by atoms with E-state index in [9.17, 15) is 14.7 Å². The van der Waals surface area contributed by atoms with Gasteiger partial charge in [-0.05, 0) is 60.7 Å². The molecule has 6 nitrogen and oxygen atoms in total. The molecule has 1 fully saturated rings. The Bertz CT molecular complexity index is 1140. The van der Waals surface area contributed by atoms with Crippen LogP contribution in [0.15, 0.2) is 72.8 Å². The van der Waals surface area contributed by atoms with Crippen molar-refractivity contribution in [2.24, 2.45) is 11.8 Å². The number of rotatable bonds is 6. The lowest BCUT2D eigenvalue weighted by atomic mass is 9.91. The van der Waals surface area contributed by atoms with Crippen LogP contribution >= 0.6 is 0 Å². The molecule has 0 spiro atoms. The fraction of sp³-hybridized carbons (Fsp3) is 0.259. The van der Waals surface area contributed by atoms with E-state index in [4.69, 9.17) is 4.74 Å². The van der Waals surface area contributed by atoms with Gasteiger partial charge in [-0.2, -0.15) is 0 Å². The third kappa shape index (κ3) is 5.34. The molecule has 0 radical (unpaired) electrons. The number of amides is 1. The minimum atomic E-state index is -1.09. The Kier molecular flexibility index (Phi) is 6.63. The van der Waals surface area contributed by atoms with E-state index in [2.05, 4.69) is 24.1 Å². The van der Waals surface area contributed by atoms with Crippen molar-refractivity contribution in [2.45, 2.75) is 20.3 Å². The molecule has 0 bridgehead atoms. The van der Waals surface area contributed by atoms with E-state index in [1.807, 2.05) is 36.4 Å². The van der Waals surface area contributed by atoms with Crippen molar-refractivity contribution in [3.05, 3.63) is 83.9 Å². The van der Waals surface area contributed by atoms with Gasteiger partial charge in [-0.15, -0.1) is 0 Å². The monoisotopic (exact) mass is 444 g/mol. The standard InChI is InChI=1S/C27H28N2O4/c1-18-14-19(2)17-29(16-18)24-13-12-20(15-25(24)33-21-8-4-3-5-9-21)26(30)28-23-11-7-6-10-22(23)27(31)32/h3-13,15,18-19H,14,16-17H2,1-2H3,(H,28,30)(H,31,32)/t18-,19+. The molecule has 0 saturated carbocycles. The van der Waals surface area contributed by atoms with Gasteiger partial charge in [0, 0.05) is 18.7 Å². The average Bonchev–Trinajstić information content (AvgIpc) is 2.79. The van der Waals surface area contributed by atoms with E-state index in [-0.39, 0.29) is 11.3 Å². The second kappa shape index (κ2) is 9.77. The molecule has 0 unspecified atom stereocenters. The molecule has 0 aromatic heterocycles. The molecular weight excluding hydrogens is 416 g/mol. The number of aromatic carboxylic acids is 1. The van der Waals surface area contributed by atoms with Gasteiger partial charge in [0.25, 0.3) is 5.91 Å². The molecule has 1 saturated heterocycles. The number of hydrogen-bond acceptors (Lipinski definition) is 4. The lowest BCUT2D eigenvalue weighted by Crippen LogP contribution is -2.38. The Morgan fingerprint density at radius 2 is 1.61 bits per heavy atom. The van der Waals surface area contributed by atoms with Gasteiger partial charge in [0.05, 0.1) is 16.9 Å². The van der Waals surface area contributed by atoms with Crippen molar-refractivity contribution < 1.29 is 19.4 Å². The number of carbonyl (C=O) groups excluding carboxylic acids is 1. The van der Waals surface area contributed by atoms with E-state index in [0.717, 1.165) is 18.8 Å². The van der Waals surface area contributed by atoms with Gasteiger partial charge in [-0.3, -0.25) is 4.79 Å². The van der Waals surface area contributed by atoms with Crippen LogP contribution in [0, 0.1) is 11.8 Å². The Morgan fingerprint density at radius 3 is 2.30 bits per heavy atom. The van der Waals surface area contributed by atoms with E-state index >= 15 is 0 Å². The molecule has 170 valence electrons. The lowest BCUT2D eigenvalue weighted by Gasteiger charge is -2.37. The number of hydrogen-bond donors (Lipinski definition) is 2. The number of piperidine rings is 1. The van der Waals surface area contributed by atoms with Crippen LogP contribution in [0.5, 0.6) is 11.5 Å². The first-order valence-corrected chi connectivity index (χ1v) is 11.2. The molecule has 1 aliphatic heterocycles. The van der Waals surface area contributed by atoms with Gasteiger partial charge in [-0.25, -0.2) is 4.79 Å². The van der Waals surface area contributed by atoms with Crippen molar-refractivity contribution in [2.75, 3.05) is 23.3 Å². The molecule has 1 heterocycles. The molecule has 4 rings (SSSR count). The van der Waals surface area contributed by atoms with Crippen LogP contribution in [-0.4, -0.2) is 30.1 Å². The summed E-state index contributed by atoms with van der Waals surface area (Å²) in [7, 11) is 0. The largest absolute Gasteiger partial charge is 0.478 e. The molecule has 2 atom stereocenters. The highest BCUT2D eigenvalue weighted by atomic mass is 16.5. The number of carboxylic acids is 1. The summed E-state index contributed by atoms with van der Waals surface area (Å²) in [6.07, 6.45) is 1.19. The Balaban J connectivity index is 1.66. The molecule has 3 aromatic rings. The second-order valence-corrected chi connectivity index (χ2v) is 8.75. The molecule has 6 heteroatoms. The molecule has 33 heavy (non-hydrogen) atoms. The van der Waals surface area contributed by atoms with E-state index in [0.29, 0.717) is 28.9 Å². The fourth-order valence-electron chi connectivity index (χ4n) is 4.45. The van der Waals surface area contributed by atoms with E-state index in [1.165, 1.54) is 12.5 Å². The summed E-state index contributed by atoms with van der Waals surface area (Å²) in [5.74, 6) is 0.922. The quantitative estimate of drug-likeness (QED) is 0.494. The van der Waals surface area contributed by atoms with Crippen molar-refractivity contribution in [3.63, 3.8) is 0 Å². The Morgan fingerprint density at radius 1 is 0.939 bits per heavy atom. The van der Waals surface area contributed by atoms with Gasteiger partial charge in [0.2, 0.25) is 0 Å². The number of para-hydroxylation sites is 2. The maximum Gasteiger partial charge on any atom is 0.337 e. The maximum absolute atomic E-state index is 13.0. The summed E-state index contributed by atoms with van der Waals surface area (Å²) >= 11 is 0. The van der Waals surface area contributed by atoms with Crippen LogP contribution in [0.1, 0.15) is 41.0 Å². The van der Waals surface area contributed by atoms with Crippen molar-refractivity contribution in [3.8, 4) is 11.5 Å². The molecular formula is C27H28N2O4. The minimum absolute atomic E-state index is 0.0412. The SMILES string of the molecule is C[C@@H]1C[C@H](C)CN(c2ccc(C(=O)Nc3ccccc3C(=O)O)cc2Oc2ccccc2)C1. The van der Waals surface area contributed by atoms with Crippen LogP contribution < -0.4 is 15.0 Å². The molecule has 3 aromatic carbocycles. The first-order chi connectivity index (χ1) is 15.9. The molecule has 1 amide bonds. The predicted molar refractivity (Wildman–Crippen MR) is 129 cm³/mol. The van der Waals surface area contributed by atoms with E-state index in [1.54, 1.807) is 30.3 Å². The zero-order valence-electron chi connectivity index (χ0n) is 18.8. The topological polar surface area (TPSA) is 78.9 Å². The van der Waals surface area contributed by atoms with Gasteiger partial charge in [0.15, 0.2) is 5.75 Å². The number of anilines is 2. The Hall–Kier alpha value is -3.80. The van der Waals surface area contributed by atoms with Gasteiger partial charge in [-0.1, -0.05) is 44.2 Å².